The van der Waals surface area contributed by atoms with Crippen LogP contribution in [-0.2, 0) is 0 Å². The van der Waals surface area contributed by atoms with Gasteiger partial charge < -0.3 is 9.52 Å². The number of benzene rings is 1. The quantitative estimate of drug-likeness (QED) is 0.720. The molecule has 14 heavy (non-hydrogen) atoms. The molecule has 0 unspecified atom stereocenters. The SMILES string of the molecule is Cc1ccccc1-c1oc(=O)[nH]c1O. The van der Waals surface area contributed by atoms with Crippen LogP contribution in [0.4, 0.5) is 0 Å². The van der Waals surface area contributed by atoms with E-state index in [-0.39, 0.29) is 11.6 Å². The predicted octanol–water partition coefficient (Wildman–Crippen LogP) is 1.65. The summed E-state index contributed by atoms with van der Waals surface area (Å²) in [5.74, 6) is -0.696. The van der Waals surface area contributed by atoms with Gasteiger partial charge in [-0.05, 0) is 12.5 Å². The number of hydrogen-bond donors (Lipinski definition) is 2. The first-order valence-corrected chi connectivity index (χ1v) is 4.16. The molecule has 4 nitrogen and oxygen atoms in total. The van der Waals surface area contributed by atoms with Crippen LogP contribution in [0.2, 0.25) is 0 Å². The van der Waals surface area contributed by atoms with Gasteiger partial charge in [-0.25, -0.2) is 4.79 Å². The molecule has 1 aromatic carbocycles. The predicted molar refractivity (Wildman–Crippen MR) is 51.2 cm³/mol. The summed E-state index contributed by atoms with van der Waals surface area (Å²) in [7, 11) is 0. The Morgan fingerprint density at radius 2 is 2.07 bits per heavy atom. The summed E-state index contributed by atoms with van der Waals surface area (Å²) >= 11 is 0. The molecule has 2 aromatic rings. The third-order valence-electron chi connectivity index (χ3n) is 2.02. The molecule has 72 valence electrons. The molecule has 2 N–H and O–H groups in total. The molecule has 0 aliphatic heterocycles. The van der Waals surface area contributed by atoms with Gasteiger partial charge in [0.05, 0.1) is 0 Å². The zero-order valence-corrected chi connectivity index (χ0v) is 7.57. The number of nitrogens with one attached hydrogen (secondary N) is 1. The maximum atomic E-state index is 10.8. The minimum Gasteiger partial charge on any atom is -0.492 e. The summed E-state index contributed by atoms with van der Waals surface area (Å²) in [5, 5.41) is 9.36. The Bertz CT molecular complexity index is 510. The summed E-state index contributed by atoms with van der Waals surface area (Å²) in [4.78, 5) is 13.0. The van der Waals surface area contributed by atoms with Crippen molar-refractivity contribution < 1.29 is 9.52 Å². The topological polar surface area (TPSA) is 66.2 Å². The first-order chi connectivity index (χ1) is 6.68. The first-order valence-electron chi connectivity index (χ1n) is 4.16. The Morgan fingerprint density at radius 3 is 2.64 bits per heavy atom. The molecular formula is C10H9NO3. The van der Waals surface area contributed by atoms with Crippen molar-refractivity contribution >= 4 is 0 Å². The lowest BCUT2D eigenvalue weighted by Gasteiger charge is -2.00. The number of rotatable bonds is 1. The van der Waals surface area contributed by atoms with Crippen molar-refractivity contribution in [2.45, 2.75) is 6.92 Å². The molecule has 0 radical (unpaired) electrons. The highest BCUT2D eigenvalue weighted by Gasteiger charge is 2.12. The maximum absolute atomic E-state index is 10.8. The van der Waals surface area contributed by atoms with Crippen LogP contribution in [0.3, 0.4) is 0 Å². The van der Waals surface area contributed by atoms with Gasteiger partial charge in [-0.15, -0.1) is 0 Å². The van der Waals surface area contributed by atoms with E-state index in [4.69, 9.17) is 4.42 Å². The molecule has 0 aliphatic carbocycles. The third-order valence-corrected chi connectivity index (χ3v) is 2.02. The van der Waals surface area contributed by atoms with Crippen LogP contribution in [0, 0.1) is 6.92 Å². The van der Waals surface area contributed by atoms with Gasteiger partial charge in [0.15, 0.2) is 5.76 Å². The zero-order valence-electron chi connectivity index (χ0n) is 7.57. The summed E-state index contributed by atoms with van der Waals surface area (Å²) in [6.07, 6.45) is 0. The lowest BCUT2D eigenvalue weighted by atomic mass is 10.1. The molecule has 2 rings (SSSR count). The normalized spacial score (nSPS) is 10.4. The number of hydrogen-bond acceptors (Lipinski definition) is 3. The highest BCUT2D eigenvalue weighted by molar-refractivity contribution is 5.65. The van der Waals surface area contributed by atoms with E-state index in [1.807, 2.05) is 25.1 Å². The lowest BCUT2D eigenvalue weighted by molar-refractivity contribution is 0.452. The largest absolute Gasteiger partial charge is 0.492 e. The Hall–Kier alpha value is -1.97. The summed E-state index contributed by atoms with van der Waals surface area (Å²) in [6.45, 7) is 1.88. The van der Waals surface area contributed by atoms with Crippen molar-refractivity contribution in [1.82, 2.24) is 4.98 Å². The van der Waals surface area contributed by atoms with Gasteiger partial charge in [-0.3, -0.25) is 4.98 Å². The molecule has 0 saturated heterocycles. The monoisotopic (exact) mass is 191 g/mol. The van der Waals surface area contributed by atoms with Crippen LogP contribution in [0.25, 0.3) is 11.3 Å². The van der Waals surface area contributed by atoms with Crippen molar-refractivity contribution in [3.05, 3.63) is 40.4 Å². The minimum atomic E-state index is -0.652. The lowest BCUT2D eigenvalue weighted by Crippen LogP contribution is -1.92. The summed E-state index contributed by atoms with van der Waals surface area (Å²) in [5.41, 5.74) is 1.65. The molecule has 0 spiro atoms. The highest BCUT2D eigenvalue weighted by Crippen LogP contribution is 2.28. The van der Waals surface area contributed by atoms with Crippen molar-refractivity contribution in [2.75, 3.05) is 0 Å². The smallest absolute Gasteiger partial charge is 0.419 e. The summed E-state index contributed by atoms with van der Waals surface area (Å²) < 4.78 is 4.82. The fraction of sp³-hybridized carbons (Fsp3) is 0.100. The Labute approximate surface area is 79.8 Å². The molecule has 4 heteroatoms. The second-order valence-electron chi connectivity index (χ2n) is 3.01. The van der Waals surface area contributed by atoms with E-state index >= 15 is 0 Å². The Kier molecular flexibility index (Phi) is 1.89. The van der Waals surface area contributed by atoms with E-state index in [0.717, 1.165) is 5.56 Å². The van der Waals surface area contributed by atoms with Crippen molar-refractivity contribution in [3.8, 4) is 17.2 Å². The van der Waals surface area contributed by atoms with Crippen molar-refractivity contribution in [2.24, 2.45) is 0 Å². The van der Waals surface area contributed by atoms with E-state index in [2.05, 4.69) is 4.98 Å². The van der Waals surface area contributed by atoms with Gasteiger partial charge in [-0.2, -0.15) is 0 Å². The first kappa shape index (κ1) is 8.62. The van der Waals surface area contributed by atoms with Gasteiger partial charge in [0, 0.05) is 5.56 Å². The van der Waals surface area contributed by atoms with Crippen LogP contribution in [0.5, 0.6) is 5.88 Å². The highest BCUT2D eigenvalue weighted by atomic mass is 16.4. The van der Waals surface area contributed by atoms with Crippen molar-refractivity contribution in [1.29, 1.82) is 0 Å². The van der Waals surface area contributed by atoms with Gasteiger partial charge in [0.25, 0.3) is 0 Å². The number of oxazole rings is 1. The molecule has 0 bridgehead atoms. The second kappa shape index (κ2) is 3.06. The molecule has 1 aromatic heterocycles. The van der Waals surface area contributed by atoms with Crippen LogP contribution in [-0.4, -0.2) is 10.1 Å². The second-order valence-corrected chi connectivity index (χ2v) is 3.01. The molecule has 0 saturated carbocycles. The number of H-pyrrole nitrogens is 1. The molecule has 0 aliphatic rings. The van der Waals surface area contributed by atoms with Crippen molar-refractivity contribution in [3.63, 3.8) is 0 Å². The van der Waals surface area contributed by atoms with Gasteiger partial charge >= 0.3 is 5.76 Å². The Balaban J connectivity index is 2.66. The van der Waals surface area contributed by atoms with E-state index in [1.54, 1.807) is 6.07 Å². The number of aromatic hydroxyl groups is 1. The van der Waals surface area contributed by atoms with Gasteiger partial charge in [0.1, 0.15) is 0 Å². The summed E-state index contributed by atoms with van der Waals surface area (Å²) in [6, 6.07) is 7.35. The Morgan fingerprint density at radius 1 is 1.36 bits per heavy atom. The molecule has 1 heterocycles. The van der Waals surface area contributed by atoms with Crippen LogP contribution in [0.15, 0.2) is 33.5 Å². The van der Waals surface area contributed by atoms with Crippen LogP contribution in [0.1, 0.15) is 5.56 Å². The van der Waals surface area contributed by atoms with Gasteiger partial charge in [-0.1, -0.05) is 24.3 Å². The van der Waals surface area contributed by atoms with E-state index in [0.29, 0.717) is 5.56 Å². The van der Waals surface area contributed by atoms with E-state index in [1.165, 1.54) is 0 Å². The average Bonchev–Trinajstić information content (AvgIpc) is 2.46. The minimum absolute atomic E-state index is 0.188. The molecule has 0 amide bonds. The number of aromatic amines is 1. The molecular weight excluding hydrogens is 182 g/mol. The number of aromatic nitrogens is 1. The standard InChI is InChI=1S/C10H9NO3/c1-6-4-2-3-5-7(6)8-9(12)11-10(13)14-8/h2-5,12H,1H3,(H,11,13). The van der Waals surface area contributed by atoms with Crippen LogP contribution < -0.4 is 5.76 Å². The molecule has 0 fully saturated rings. The average molecular weight is 191 g/mol. The third kappa shape index (κ3) is 1.31. The fourth-order valence-corrected chi connectivity index (χ4v) is 1.33. The molecule has 0 atom stereocenters. The maximum Gasteiger partial charge on any atom is 0.419 e. The van der Waals surface area contributed by atoms with E-state index < -0.39 is 5.76 Å². The van der Waals surface area contributed by atoms with Gasteiger partial charge in [0.2, 0.25) is 5.88 Å². The van der Waals surface area contributed by atoms with Crippen LogP contribution >= 0.6 is 0 Å². The number of aryl methyl sites for hydroxylation is 1. The fourth-order valence-electron chi connectivity index (χ4n) is 1.33. The van der Waals surface area contributed by atoms with E-state index in [9.17, 15) is 9.90 Å². The zero-order chi connectivity index (χ0) is 10.1.